The Morgan fingerprint density at radius 1 is 1.42 bits per heavy atom. The zero-order chi connectivity index (χ0) is 13.8. The first-order chi connectivity index (χ1) is 9.10. The minimum absolute atomic E-state index is 0.158. The van der Waals surface area contributed by atoms with E-state index in [0.717, 1.165) is 18.9 Å². The van der Waals surface area contributed by atoms with Gasteiger partial charge in [0.05, 0.1) is 0 Å². The lowest BCUT2D eigenvalue weighted by Gasteiger charge is -2.22. The Bertz CT molecular complexity index is 475. The summed E-state index contributed by atoms with van der Waals surface area (Å²) in [6.07, 6.45) is 2.56. The fourth-order valence-corrected chi connectivity index (χ4v) is 2.01. The van der Waals surface area contributed by atoms with Gasteiger partial charge in [0.15, 0.2) is 0 Å². The molecule has 4 nitrogen and oxygen atoms in total. The number of hydrogen-bond acceptors (Lipinski definition) is 3. The largest absolute Gasteiger partial charge is 0.409 e. The molecule has 0 atom stereocenters. The van der Waals surface area contributed by atoms with Gasteiger partial charge < -0.3 is 10.9 Å². The van der Waals surface area contributed by atoms with Crippen LogP contribution in [0.25, 0.3) is 0 Å². The van der Waals surface area contributed by atoms with Crippen LogP contribution in [0.15, 0.2) is 23.4 Å². The Balaban J connectivity index is 2.00. The first-order valence-electron chi connectivity index (χ1n) is 6.24. The molecule has 0 amide bonds. The molecule has 1 aliphatic rings. The Morgan fingerprint density at radius 3 is 2.74 bits per heavy atom. The first-order valence-corrected chi connectivity index (χ1v) is 6.24. The average molecular weight is 269 g/mol. The van der Waals surface area contributed by atoms with Gasteiger partial charge in [-0.15, -0.1) is 0 Å². The molecule has 0 unspecified atom stereocenters. The molecular formula is C13H17F2N3O. The summed E-state index contributed by atoms with van der Waals surface area (Å²) in [7, 11) is 0. The highest BCUT2D eigenvalue weighted by atomic mass is 19.1. The van der Waals surface area contributed by atoms with Crippen LogP contribution in [-0.4, -0.2) is 28.5 Å². The molecule has 0 saturated heterocycles. The van der Waals surface area contributed by atoms with Crippen LogP contribution in [0.4, 0.5) is 8.78 Å². The Kier molecular flexibility index (Phi) is 4.31. The molecule has 6 heteroatoms. The lowest BCUT2D eigenvalue weighted by molar-refractivity contribution is 0.256. The van der Waals surface area contributed by atoms with Gasteiger partial charge in [0.1, 0.15) is 17.5 Å². The second-order valence-electron chi connectivity index (χ2n) is 4.78. The fourth-order valence-electron chi connectivity index (χ4n) is 2.01. The van der Waals surface area contributed by atoms with Crippen LogP contribution >= 0.6 is 0 Å². The van der Waals surface area contributed by atoms with Crippen molar-refractivity contribution >= 4 is 5.84 Å². The van der Waals surface area contributed by atoms with Crippen LogP contribution in [0.2, 0.25) is 0 Å². The van der Waals surface area contributed by atoms with E-state index in [1.165, 1.54) is 12.1 Å². The molecule has 104 valence electrons. The van der Waals surface area contributed by atoms with E-state index in [4.69, 9.17) is 10.9 Å². The van der Waals surface area contributed by atoms with Crippen LogP contribution in [-0.2, 0) is 6.54 Å². The van der Waals surface area contributed by atoms with E-state index in [0.29, 0.717) is 31.1 Å². The fraction of sp³-hybridized carbons (Fsp3) is 0.462. The molecule has 2 rings (SSSR count). The van der Waals surface area contributed by atoms with Crippen LogP contribution in [0.3, 0.4) is 0 Å². The molecule has 0 aliphatic heterocycles. The molecule has 1 aromatic rings. The minimum Gasteiger partial charge on any atom is -0.409 e. The van der Waals surface area contributed by atoms with Gasteiger partial charge in [-0.2, -0.15) is 0 Å². The van der Waals surface area contributed by atoms with E-state index in [1.807, 2.05) is 0 Å². The second kappa shape index (κ2) is 5.97. The topological polar surface area (TPSA) is 61.8 Å². The minimum atomic E-state index is -0.573. The molecule has 1 aromatic carbocycles. The molecular weight excluding hydrogens is 252 g/mol. The van der Waals surface area contributed by atoms with E-state index in [2.05, 4.69) is 10.1 Å². The zero-order valence-corrected chi connectivity index (χ0v) is 10.5. The van der Waals surface area contributed by atoms with Crippen molar-refractivity contribution in [3.63, 3.8) is 0 Å². The van der Waals surface area contributed by atoms with Crippen LogP contribution in [0, 0.1) is 11.6 Å². The van der Waals surface area contributed by atoms with E-state index in [-0.39, 0.29) is 5.84 Å². The predicted molar refractivity (Wildman–Crippen MR) is 67.8 cm³/mol. The maximum absolute atomic E-state index is 13.6. The summed E-state index contributed by atoms with van der Waals surface area (Å²) in [5.41, 5.74) is 5.90. The van der Waals surface area contributed by atoms with Gasteiger partial charge >= 0.3 is 0 Å². The monoisotopic (exact) mass is 269 g/mol. The molecule has 1 aliphatic carbocycles. The van der Waals surface area contributed by atoms with Crippen molar-refractivity contribution < 1.29 is 14.0 Å². The summed E-state index contributed by atoms with van der Waals surface area (Å²) >= 11 is 0. The third-order valence-electron chi connectivity index (χ3n) is 3.24. The van der Waals surface area contributed by atoms with E-state index >= 15 is 0 Å². The third-order valence-corrected chi connectivity index (χ3v) is 3.24. The first kappa shape index (κ1) is 13.7. The Hall–Kier alpha value is -1.69. The molecule has 3 N–H and O–H groups in total. The highest BCUT2D eigenvalue weighted by Gasteiger charge is 2.29. The number of oxime groups is 1. The van der Waals surface area contributed by atoms with Crippen molar-refractivity contribution in [1.29, 1.82) is 0 Å². The van der Waals surface area contributed by atoms with Crippen molar-refractivity contribution in [1.82, 2.24) is 4.90 Å². The van der Waals surface area contributed by atoms with Gasteiger partial charge in [0, 0.05) is 37.2 Å². The Morgan fingerprint density at radius 2 is 2.16 bits per heavy atom. The second-order valence-corrected chi connectivity index (χ2v) is 4.78. The van der Waals surface area contributed by atoms with Crippen LogP contribution < -0.4 is 5.73 Å². The van der Waals surface area contributed by atoms with E-state index in [1.54, 1.807) is 0 Å². The molecule has 0 aromatic heterocycles. The number of rotatable bonds is 6. The predicted octanol–water partition coefficient (Wildman–Crippen LogP) is 2.07. The normalized spacial score (nSPS) is 16.1. The molecule has 1 fully saturated rings. The van der Waals surface area contributed by atoms with Crippen molar-refractivity contribution in [3.05, 3.63) is 35.4 Å². The lowest BCUT2D eigenvalue weighted by atomic mass is 10.2. The quantitative estimate of drug-likeness (QED) is 0.360. The number of amidine groups is 1. The number of nitrogens with zero attached hydrogens (tertiary/aromatic N) is 2. The molecule has 0 bridgehead atoms. The maximum Gasteiger partial charge on any atom is 0.140 e. The Labute approximate surface area is 110 Å². The van der Waals surface area contributed by atoms with Crippen LogP contribution in [0.1, 0.15) is 24.8 Å². The highest BCUT2D eigenvalue weighted by molar-refractivity contribution is 5.79. The van der Waals surface area contributed by atoms with E-state index < -0.39 is 11.6 Å². The number of benzene rings is 1. The summed E-state index contributed by atoms with van der Waals surface area (Å²) in [5, 5.41) is 11.4. The van der Waals surface area contributed by atoms with E-state index in [9.17, 15) is 8.78 Å². The van der Waals surface area contributed by atoms with Gasteiger partial charge in [0.2, 0.25) is 0 Å². The van der Waals surface area contributed by atoms with Gasteiger partial charge in [-0.05, 0) is 18.9 Å². The van der Waals surface area contributed by atoms with Gasteiger partial charge in [-0.1, -0.05) is 11.2 Å². The third kappa shape index (κ3) is 3.89. The maximum atomic E-state index is 13.6. The van der Waals surface area contributed by atoms with Gasteiger partial charge in [-0.3, -0.25) is 4.90 Å². The van der Waals surface area contributed by atoms with Crippen molar-refractivity contribution in [2.45, 2.75) is 31.8 Å². The molecule has 19 heavy (non-hydrogen) atoms. The molecule has 1 saturated carbocycles. The summed E-state index contributed by atoms with van der Waals surface area (Å²) in [5.74, 6) is -0.949. The smallest absolute Gasteiger partial charge is 0.140 e. The number of nitrogens with two attached hydrogens (primary N) is 1. The average Bonchev–Trinajstić information content (AvgIpc) is 3.20. The van der Waals surface area contributed by atoms with Gasteiger partial charge in [0.25, 0.3) is 0 Å². The molecule has 0 spiro atoms. The van der Waals surface area contributed by atoms with Gasteiger partial charge in [-0.25, -0.2) is 8.78 Å². The van der Waals surface area contributed by atoms with Crippen molar-refractivity contribution in [3.8, 4) is 0 Å². The standard InChI is InChI=1S/C13H17F2N3O/c14-10-2-1-9(12(15)7-10)8-18(11-3-4-11)6-5-13(16)17-19/h1-2,7,11,19H,3-6,8H2,(H2,16,17). The molecule has 0 heterocycles. The lowest BCUT2D eigenvalue weighted by Crippen LogP contribution is -2.30. The van der Waals surface area contributed by atoms with Crippen LogP contribution in [0.5, 0.6) is 0 Å². The van der Waals surface area contributed by atoms with Crippen molar-refractivity contribution in [2.75, 3.05) is 6.54 Å². The molecule has 0 radical (unpaired) electrons. The summed E-state index contributed by atoms with van der Waals surface area (Å²) in [6, 6.07) is 4.02. The highest BCUT2D eigenvalue weighted by Crippen LogP contribution is 2.28. The summed E-state index contributed by atoms with van der Waals surface area (Å²) < 4.78 is 26.4. The van der Waals surface area contributed by atoms with Crippen molar-refractivity contribution in [2.24, 2.45) is 10.9 Å². The number of hydrogen-bond donors (Lipinski definition) is 2. The number of halogens is 2. The summed E-state index contributed by atoms with van der Waals surface area (Å²) in [4.78, 5) is 2.08. The summed E-state index contributed by atoms with van der Waals surface area (Å²) in [6.45, 7) is 1.01. The zero-order valence-electron chi connectivity index (χ0n) is 10.5. The SMILES string of the molecule is NC(CCN(Cc1ccc(F)cc1F)C1CC1)=NO.